The molecule has 1 saturated heterocycles. The van der Waals surface area contributed by atoms with Crippen LogP contribution in [-0.2, 0) is 14.9 Å². The molecule has 6 heteroatoms. The van der Waals surface area contributed by atoms with Crippen molar-refractivity contribution in [3.8, 4) is 11.8 Å². The van der Waals surface area contributed by atoms with E-state index in [1.165, 1.54) is 11.3 Å². The van der Waals surface area contributed by atoms with Crippen LogP contribution in [0.25, 0.3) is 0 Å². The molecule has 3 rings (SSSR count). The van der Waals surface area contributed by atoms with E-state index < -0.39 is 12.7 Å². The lowest BCUT2D eigenvalue weighted by molar-refractivity contribution is 0.00578. The first-order valence-corrected chi connectivity index (χ1v) is 9.46. The summed E-state index contributed by atoms with van der Waals surface area (Å²) >= 11 is 1.45. The highest BCUT2D eigenvalue weighted by molar-refractivity contribution is 7.11. The van der Waals surface area contributed by atoms with Crippen molar-refractivity contribution in [1.82, 2.24) is 4.98 Å². The SMILES string of the molecule is Cc1ncc([C@](C)(O)C#Cc2cccc(B3OC(C)(C)C(C)(C)O3)c2)s1. The second-order valence-corrected chi connectivity index (χ2v) is 9.01. The van der Waals surface area contributed by atoms with Crippen molar-refractivity contribution in [2.75, 3.05) is 0 Å². The molecule has 2 heterocycles. The van der Waals surface area contributed by atoms with Gasteiger partial charge in [-0.15, -0.1) is 11.3 Å². The van der Waals surface area contributed by atoms with Crippen molar-refractivity contribution in [1.29, 1.82) is 0 Å². The van der Waals surface area contributed by atoms with E-state index in [4.69, 9.17) is 9.31 Å². The van der Waals surface area contributed by atoms with Crippen molar-refractivity contribution >= 4 is 23.9 Å². The summed E-state index contributed by atoms with van der Waals surface area (Å²) in [5.74, 6) is 6.02. The number of hydrogen-bond donors (Lipinski definition) is 1. The van der Waals surface area contributed by atoms with Crippen LogP contribution in [0.5, 0.6) is 0 Å². The fourth-order valence-corrected chi connectivity index (χ4v) is 3.36. The molecule has 0 spiro atoms. The molecule has 0 radical (unpaired) electrons. The van der Waals surface area contributed by atoms with Crippen molar-refractivity contribution in [2.45, 2.75) is 58.3 Å². The first-order valence-electron chi connectivity index (χ1n) is 8.64. The van der Waals surface area contributed by atoms with Gasteiger partial charge in [0, 0.05) is 11.8 Å². The van der Waals surface area contributed by atoms with Crippen LogP contribution in [0.2, 0.25) is 0 Å². The summed E-state index contributed by atoms with van der Waals surface area (Å²) < 4.78 is 12.2. The van der Waals surface area contributed by atoms with Gasteiger partial charge >= 0.3 is 7.12 Å². The summed E-state index contributed by atoms with van der Waals surface area (Å²) in [6, 6.07) is 7.76. The zero-order valence-electron chi connectivity index (χ0n) is 16.1. The second kappa shape index (κ2) is 6.51. The fraction of sp³-hybridized carbons (Fsp3) is 0.450. The topological polar surface area (TPSA) is 51.6 Å². The average molecular weight is 369 g/mol. The Hall–Kier alpha value is -1.65. The van der Waals surface area contributed by atoms with Gasteiger partial charge in [-0.2, -0.15) is 0 Å². The minimum absolute atomic E-state index is 0.382. The molecule has 1 aliphatic heterocycles. The predicted octanol–water partition coefficient (Wildman–Crippen LogP) is 3.01. The summed E-state index contributed by atoms with van der Waals surface area (Å²) in [4.78, 5) is 4.93. The number of rotatable bonds is 2. The molecule has 136 valence electrons. The van der Waals surface area contributed by atoms with Crippen LogP contribution in [0.4, 0.5) is 0 Å². The number of benzene rings is 1. The second-order valence-electron chi connectivity index (χ2n) is 7.78. The fourth-order valence-electron chi connectivity index (χ4n) is 2.58. The van der Waals surface area contributed by atoms with Crippen molar-refractivity contribution in [3.63, 3.8) is 0 Å². The lowest BCUT2D eigenvalue weighted by Crippen LogP contribution is -2.41. The number of aryl methyl sites for hydroxylation is 1. The number of thiazole rings is 1. The van der Waals surface area contributed by atoms with E-state index in [1.54, 1.807) is 13.1 Å². The van der Waals surface area contributed by atoms with Gasteiger partial charge in [-0.1, -0.05) is 24.0 Å². The zero-order valence-corrected chi connectivity index (χ0v) is 16.9. The van der Waals surface area contributed by atoms with Crippen molar-refractivity contribution < 1.29 is 14.4 Å². The molecule has 1 aromatic carbocycles. The molecular weight excluding hydrogens is 345 g/mol. The predicted molar refractivity (Wildman–Crippen MR) is 105 cm³/mol. The Morgan fingerprint density at radius 1 is 1.19 bits per heavy atom. The summed E-state index contributed by atoms with van der Waals surface area (Å²) in [6.45, 7) is 11.7. The van der Waals surface area contributed by atoms with Crippen molar-refractivity contribution in [3.05, 3.63) is 45.9 Å². The Morgan fingerprint density at radius 2 is 1.85 bits per heavy atom. The largest absolute Gasteiger partial charge is 0.494 e. The third kappa shape index (κ3) is 3.72. The van der Waals surface area contributed by atoms with E-state index in [0.717, 1.165) is 20.9 Å². The highest BCUT2D eigenvalue weighted by atomic mass is 32.1. The number of aromatic nitrogens is 1. The maximum atomic E-state index is 10.6. The normalized spacial score (nSPS) is 20.3. The maximum absolute atomic E-state index is 10.6. The number of aliphatic hydroxyl groups is 1. The minimum atomic E-state index is -1.23. The molecular formula is C20H24BNO3S. The van der Waals surface area contributed by atoms with Gasteiger partial charge < -0.3 is 14.4 Å². The highest BCUT2D eigenvalue weighted by Crippen LogP contribution is 2.36. The van der Waals surface area contributed by atoms with Crippen LogP contribution >= 0.6 is 11.3 Å². The monoisotopic (exact) mass is 369 g/mol. The third-order valence-electron chi connectivity index (χ3n) is 4.96. The summed E-state index contributed by atoms with van der Waals surface area (Å²) in [5, 5.41) is 11.5. The molecule has 0 saturated carbocycles. The smallest absolute Gasteiger partial charge is 0.399 e. The number of hydrogen-bond acceptors (Lipinski definition) is 5. The molecule has 0 unspecified atom stereocenters. The van der Waals surface area contributed by atoms with Gasteiger partial charge in [0.05, 0.1) is 21.1 Å². The molecule has 0 bridgehead atoms. The van der Waals surface area contributed by atoms with Crippen LogP contribution < -0.4 is 5.46 Å². The van der Waals surface area contributed by atoms with Crippen LogP contribution in [-0.4, -0.2) is 28.4 Å². The molecule has 1 N–H and O–H groups in total. The zero-order chi connectivity index (χ0) is 19.2. The summed E-state index contributed by atoms with van der Waals surface area (Å²) in [7, 11) is -0.425. The molecule has 1 fully saturated rings. The Morgan fingerprint density at radius 3 is 2.42 bits per heavy atom. The van der Waals surface area contributed by atoms with Crippen LogP contribution in [0.1, 0.15) is 50.1 Å². The number of nitrogens with zero attached hydrogens (tertiary/aromatic N) is 1. The molecule has 1 atom stereocenters. The first kappa shape index (κ1) is 19.1. The Labute approximate surface area is 159 Å². The molecule has 0 amide bonds. The maximum Gasteiger partial charge on any atom is 0.494 e. The van der Waals surface area contributed by atoms with E-state index in [1.807, 2.05) is 58.9 Å². The van der Waals surface area contributed by atoms with Gasteiger partial charge in [-0.3, -0.25) is 0 Å². The molecule has 2 aromatic rings. The van der Waals surface area contributed by atoms with E-state index >= 15 is 0 Å². The quantitative estimate of drug-likeness (QED) is 0.653. The Bertz CT molecular complexity index is 860. The van der Waals surface area contributed by atoms with Gasteiger partial charge in [0.15, 0.2) is 5.60 Å². The van der Waals surface area contributed by atoms with Gasteiger partial charge in [0.1, 0.15) is 0 Å². The van der Waals surface area contributed by atoms with Gasteiger partial charge in [-0.05, 0) is 59.1 Å². The standard InChI is InChI=1S/C20H24BNO3S/c1-14-22-13-17(26-14)20(6,23)11-10-15-8-7-9-16(12-15)21-24-18(2,3)19(4,5)25-21/h7-9,12-13,23H,1-6H3/t20-/m1/s1. The first-order chi connectivity index (χ1) is 12.0. The van der Waals surface area contributed by atoms with Crippen LogP contribution in [0.3, 0.4) is 0 Å². The van der Waals surface area contributed by atoms with E-state index in [-0.39, 0.29) is 11.2 Å². The lowest BCUT2D eigenvalue weighted by Gasteiger charge is -2.32. The van der Waals surface area contributed by atoms with Gasteiger partial charge in [0.25, 0.3) is 0 Å². The van der Waals surface area contributed by atoms with Gasteiger partial charge in [0.2, 0.25) is 0 Å². The van der Waals surface area contributed by atoms with E-state index in [0.29, 0.717) is 0 Å². The summed E-state index contributed by atoms with van der Waals surface area (Å²) in [6.07, 6.45) is 1.68. The molecule has 1 aliphatic rings. The molecule has 4 nitrogen and oxygen atoms in total. The lowest BCUT2D eigenvalue weighted by atomic mass is 9.78. The minimum Gasteiger partial charge on any atom is -0.399 e. The molecule has 26 heavy (non-hydrogen) atoms. The summed E-state index contributed by atoms with van der Waals surface area (Å²) in [5.41, 5.74) is -0.269. The molecule has 1 aromatic heterocycles. The Balaban J connectivity index is 1.84. The van der Waals surface area contributed by atoms with Gasteiger partial charge in [-0.25, -0.2) is 4.98 Å². The molecule has 0 aliphatic carbocycles. The average Bonchev–Trinajstić information content (AvgIpc) is 3.08. The third-order valence-corrected chi connectivity index (χ3v) is 6.09. The van der Waals surface area contributed by atoms with E-state index in [2.05, 4.69) is 16.8 Å². The Kier molecular flexibility index (Phi) is 4.79. The highest BCUT2D eigenvalue weighted by Gasteiger charge is 2.51. The van der Waals surface area contributed by atoms with Crippen LogP contribution in [0, 0.1) is 18.8 Å². The van der Waals surface area contributed by atoms with Crippen molar-refractivity contribution in [2.24, 2.45) is 0 Å². The van der Waals surface area contributed by atoms with E-state index in [9.17, 15) is 5.11 Å². The van der Waals surface area contributed by atoms with Crippen LogP contribution in [0.15, 0.2) is 30.5 Å².